The van der Waals surface area contributed by atoms with Crippen LogP contribution in [0.3, 0.4) is 0 Å². The quantitative estimate of drug-likeness (QED) is 0.877. The van der Waals surface area contributed by atoms with Crippen LogP contribution in [0.1, 0.15) is 25.5 Å². The van der Waals surface area contributed by atoms with Gasteiger partial charge in [-0.2, -0.15) is 0 Å². The number of phenols is 1. The zero-order valence-corrected chi connectivity index (χ0v) is 11.4. The van der Waals surface area contributed by atoms with E-state index in [1.807, 2.05) is 19.9 Å². The third kappa shape index (κ3) is 3.17. The Bertz CT molecular complexity index is 590. The molecule has 5 heteroatoms. The van der Waals surface area contributed by atoms with Gasteiger partial charge in [0, 0.05) is 11.8 Å². The molecule has 0 bridgehead atoms. The summed E-state index contributed by atoms with van der Waals surface area (Å²) in [6.07, 6.45) is 1.64. The first kappa shape index (κ1) is 14.1. The molecule has 0 amide bonds. The van der Waals surface area contributed by atoms with Crippen LogP contribution in [-0.4, -0.2) is 16.7 Å². The van der Waals surface area contributed by atoms with Gasteiger partial charge >= 0.3 is 0 Å². The van der Waals surface area contributed by atoms with Crippen molar-refractivity contribution in [3.8, 4) is 11.6 Å². The zero-order valence-electron chi connectivity index (χ0n) is 11.4. The van der Waals surface area contributed by atoms with Crippen molar-refractivity contribution < 1.29 is 14.2 Å². The number of nitrogens with one attached hydrogen (secondary N) is 1. The molecule has 0 aliphatic rings. The molecule has 0 fully saturated rings. The van der Waals surface area contributed by atoms with E-state index < -0.39 is 0 Å². The van der Waals surface area contributed by atoms with Gasteiger partial charge in [-0.25, -0.2) is 9.37 Å². The molecule has 0 spiro atoms. The Morgan fingerprint density at radius 1 is 1.40 bits per heavy atom. The first-order valence-corrected chi connectivity index (χ1v) is 6.44. The molecule has 1 unspecified atom stereocenters. The zero-order chi connectivity index (χ0) is 14.5. The minimum Gasteiger partial charge on any atom is -0.508 e. The van der Waals surface area contributed by atoms with Crippen LogP contribution in [0.2, 0.25) is 0 Å². The van der Waals surface area contributed by atoms with Crippen molar-refractivity contribution in [1.29, 1.82) is 0 Å². The van der Waals surface area contributed by atoms with Gasteiger partial charge in [0.25, 0.3) is 0 Å². The predicted molar refractivity (Wildman–Crippen MR) is 75.5 cm³/mol. The first-order valence-electron chi connectivity index (χ1n) is 6.44. The average Bonchev–Trinajstić information content (AvgIpc) is 2.44. The van der Waals surface area contributed by atoms with Crippen LogP contribution in [0.5, 0.6) is 11.6 Å². The SMILES string of the molecule is CCOc1ncccc1NC(C)c1cc(F)ccc1O. The molecular weight excluding hydrogens is 259 g/mol. The lowest BCUT2D eigenvalue weighted by atomic mass is 10.1. The number of aromatic hydroxyl groups is 1. The summed E-state index contributed by atoms with van der Waals surface area (Å²) in [5.74, 6) is 0.147. The molecule has 1 aromatic heterocycles. The van der Waals surface area contributed by atoms with Gasteiger partial charge in [-0.15, -0.1) is 0 Å². The summed E-state index contributed by atoms with van der Waals surface area (Å²) in [6.45, 7) is 4.21. The van der Waals surface area contributed by atoms with E-state index in [2.05, 4.69) is 10.3 Å². The molecule has 0 saturated carbocycles. The number of nitrogens with zero attached hydrogens (tertiary/aromatic N) is 1. The summed E-state index contributed by atoms with van der Waals surface area (Å²) in [6, 6.07) is 7.20. The van der Waals surface area contributed by atoms with Gasteiger partial charge in [0.15, 0.2) is 0 Å². The Kier molecular flexibility index (Phi) is 4.40. The van der Waals surface area contributed by atoms with Gasteiger partial charge < -0.3 is 15.2 Å². The van der Waals surface area contributed by atoms with E-state index in [1.165, 1.54) is 18.2 Å². The maximum atomic E-state index is 13.3. The smallest absolute Gasteiger partial charge is 0.237 e. The lowest BCUT2D eigenvalue weighted by molar-refractivity contribution is 0.328. The normalized spacial score (nSPS) is 11.9. The van der Waals surface area contributed by atoms with Crippen LogP contribution in [0.4, 0.5) is 10.1 Å². The average molecular weight is 276 g/mol. The van der Waals surface area contributed by atoms with Crippen LogP contribution in [0.15, 0.2) is 36.5 Å². The molecule has 0 saturated heterocycles. The minimum absolute atomic E-state index is 0.0493. The van der Waals surface area contributed by atoms with Crippen molar-refractivity contribution >= 4 is 5.69 Å². The van der Waals surface area contributed by atoms with Gasteiger partial charge in [0.2, 0.25) is 5.88 Å². The van der Waals surface area contributed by atoms with E-state index in [0.717, 1.165) is 0 Å². The van der Waals surface area contributed by atoms with Crippen molar-refractivity contribution in [1.82, 2.24) is 4.98 Å². The number of rotatable bonds is 5. The fourth-order valence-electron chi connectivity index (χ4n) is 1.94. The highest BCUT2D eigenvalue weighted by atomic mass is 19.1. The highest BCUT2D eigenvalue weighted by molar-refractivity contribution is 5.54. The molecular formula is C15H17FN2O2. The molecule has 0 aliphatic carbocycles. The second-order valence-electron chi connectivity index (χ2n) is 4.36. The molecule has 20 heavy (non-hydrogen) atoms. The number of aromatic nitrogens is 1. The standard InChI is InChI=1S/C15H17FN2O2/c1-3-20-15-13(5-4-8-17-15)18-10(2)12-9-11(16)6-7-14(12)19/h4-10,18-19H,3H2,1-2H3. The summed E-state index contributed by atoms with van der Waals surface area (Å²) in [4.78, 5) is 4.13. The van der Waals surface area contributed by atoms with Crippen molar-refractivity contribution in [3.63, 3.8) is 0 Å². The molecule has 0 radical (unpaired) electrons. The van der Waals surface area contributed by atoms with Crippen molar-refractivity contribution in [3.05, 3.63) is 47.9 Å². The first-order chi connectivity index (χ1) is 9.61. The number of pyridine rings is 1. The van der Waals surface area contributed by atoms with Gasteiger partial charge in [-0.05, 0) is 44.2 Å². The predicted octanol–water partition coefficient (Wildman–Crippen LogP) is 3.50. The maximum absolute atomic E-state index is 13.3. The summed E-state index contributed by atoms with van der Waals surface area (Å²) in [5, 5.41) is 13.0. The Balaban J connectivity index is 2.23. The number of anilines is 1. The van der Waals surface area contributed by atoms with Crippen molar-refractivity contribution in [2.75, 3.05) is 11.9 Å². The Hall–Kier alpha value is -2.30. The lowest BCUT2D eigenvalue weighted by Gasteiger charge is -2.18. The number of ether oxygens (including phenoxy) is 1. The summed E-state index contributed by atoms with van der Waals surface area (Å²) < 4.78 is 18.7. The van der Waals surface area contributed by atoms with E-state index in [-0.39, 0.29) is 17.6 Å². The van der Waals surface area contributed by atoms with Gasteiger partial charge in [-0.3, -0.25) is 0 Å². The number of hydrogen-bond donors (Lipinski definition) is 2. The Morgan fingerprint density at radius 2 is 2.20 bits per heavy atom. The molecule has 0 aliphatic heterocycles. The fourth-order valence-corrected chi connectivity index (χ4v) is 1.94. The van der Waals surface area contributed by atoms with Gasteiger partial charge in [0.1, 0.15) is 11.6 Å². The monoisotopic (exact) mass is 276 g/mol. The molecule has 1 heterocycles. The number of phenolic OH excluding ortho intramolecular Hbond substituents is 1. The third-order valence-corrected chi connectivity index (χ3v) is 2.88. The van der Waals surface area contributed by atoms with Crippen LogP contribution in [0, 0.1) is 5.82 Å². The molecule has 1 aromatic carbocycles. The van der Waals surface area contributed by atoms with Crippen LogP contribution < -0.4 is 10.1 Å². The fraction of sp³-hybridized carbons (Fsp3) is 0.267. The van der Waals surface area contributed by atoms with Gasteiger partial charge in [-0.1, -0.05) is 0 Å². The molecule has 1 atom stereocenters. The summed E-state index contributed by atoms with van der Waals surface area (Å²) >= 11 is 0. The van der Waals surface area contributed by atoms with E-state index >= 15 is 0 Å². The molecule has 2 aromatic rings. The maximum Gasteiger partial charge on any atom is 0.237 e. The van der Waals surface area contributed by atoms with E-state index in [1.54, 1.807) is 12.3 Å². The van der Waals surface area contributed by atoms with E-state index in [4.69, 9.17) is 4.74 Å². The minimum atomic E-state index is -0.386. The Labute approximate surface area is 117 Å². The van der Waals surface area contributed by atoms with Crippen LogP contribution in [0.25, 0.3) is 0 Å². The van der Waals surface area contributed by atoms with Crippen LogP contribution in [-0.2, 0) is 0 Å². The number of halogens is 1. The Morgan fingerprint density at radius 3 is 2.95 bits per heavy atom. The van der Waals surface area contributed by atoms with Gasteiger partial charge in [0.05, 0.1) is 18.3 Å². The topological polar surface area (TPSA) is 54.4 Å². The number of hydrogen-bond acceptors (Lipinski definition) is 4. The largest absolute Gasteiger partial charge is 0.508 e. The van der Waals surface area contributed by atoms with E-state index in [0.29, 0.717) is 23.7 Å². The highest BCUT2D eigenvalue weighted by Crippen LogP contribution is 2.30. The lowest BCUT2D eigenvalue weighted by Crippen LogP contribution is -2.09. The summed E-state index contributed by atoms with van der Waals surface area (Å²) in [5.41, 5.74) is 1.18. The second-order valence-corrected chi connectivity index (χ2v) is 4.36. The molecule has 4 nitrogen and oxygen atoms in total. The van der Waals surface area contributed by atoms with Crippen molar-refractivity contribution in [2.45, 2.75) is 19.9 Å². The second kappa shape index (κ2) is 6.23. The number of benzene rings is 1. The third-order valence-electron chi connectivity index (χ3n) is 2.88. The van der Waals surface area contributed by atoms with Crippen LogP contribution >= 0.6 is 0 Å². The van der Waals surface area contributed by atoms with E-state index in [9.17, 15) is 9.50 Å². The molecule has 2 N–H and O–H groups in total. The molecule has 106 valence electrons. The highest BCUT2D eigenvalue weighted by Gasteiger charge is 2.14. The molecule has 2 rings (SSSR count). The van der Waals surface area contributed by atoms with Crippen molar-refractivity contribution in [2.24, 2.45) is 0 Å². The summed E-state index contributed by atoms with van der Waals surface area (Å²) in [7, 11) is 0.